The molecule has 2 rings (SSSR count). The zero-order valence-electron chi connectivity index (χ0n) is 7.42. The van der Waals surface area contributed by atoms with E-state index in [9.17, 15) is 0 Å². The fourth-order valence-corrected chi connectivity index (χ4v) is 3.10. The lowest BCUT2D eigenvalue weighted by Gasteiger charge is -2.27. The van der Waals surface area contributed by atoms with Crippen LogP contribution in [0, 0.1) is 17.8 Å². The quantitative estimate of drug-likeness (QED) is 0.567. The molecule has 1 heteroatoms. The summed E-state index contributed by atoms with van der Waals surface area (Å²) in [5, 5.41) is 0. The zero-order valence-corrected chi connectivity index (χ0v) is 7.42. The van der Waals surface area contributed by atoms with Crippen molar-refractivity contribution < 1.29 is 0 Å². The van der Waals surface area contributed by atoms with Crippen LogP contribution in [0.4, 0.5) is 0 Å². The zero-order chi connectivity index (χ0) is 7.84. The topological polar surface area (TPSA) is 26.0 Å². The molecule has 1 nitrogen and oxygen atoms in total. The first kappa shape index (κ1) is 7.60. The van der Waals surface area contributed by atoms with E-state index in [0.717, 1.165) is 17.8 Å². The van der Waals surface area contributed by atoms with Gasteiger partial charge in [-0.15, -0.1) is 0 Å². The van der Waals surface area contributed by atoms with Gasteiger partial charge in [0.05, 0.1) is 0 Å². The molecule has 0 amide bonds. The van der Waals surface area contributed by atoms with Crippen LogP contribution in [0.15, 0.2) is 0 Å². The van der Waals surface area contributed by atoms with Crippen molar-refractivity contribution in [1.29, 1.82) is 0 Å². The Morgan fingerprint density at radius 2 is 1.91 bits per heavy atom. The molecule has 0 saturated heterocycles. The van der Waals surface area contributed by atoms with Crippen LogP contribution in [-0.2, 0) is 0 Å². The lowest BCUT2D eigenvalue weighted by Crippen LogP contribution is -2.25. The van der Waals surface area contributed by atoms with Crippen LogP contribution >= 0.6 is 0 Å². The van der Waals surface area contributed by atoms with Gasteiger partial charge in [-0.3, -0.25) is 0 Å². The SMILES string of the molecule is CC1C(N)CC2CCCCC21. The highest BCUT2D eigenvalue weighted by Gasteiger charge is 2.39. The first-order valence-electron chi connectivity index (χ1n) is 5.04. The highest BCUT2D eigenvalue weighted by molar-refractivity contribution is 4.92. The molecule has 0 radical (unpaired) electrons. The average Bonchev–Trinajstić information content (AvgIpc) is 2.30. The molecule has 0 spiro atoms. The molecule has 0 aromatic rings. The molecule has 4 unspecified atom stereocenters. The van der Waals surface area contributed by atoms with Crippen LogP contribution < -0.4 is 5.73 Å². The molecule has 2 fully saturated rings. The minimum absolute atomic E-state index is 0.517. The summed E-state index contributed by atoms with van der Waals surface area (Å²) >= 11 is 0. The lowest BCUT2D eigenvalue weighted by molar-refractivity contribution is 0.236. The average molecular weight is 153 g/mol. The second-order valence-electron chi connectivity index (χ2n) is 4.47. The van der Waals surface area contributed by atoms with Gasteiger partial charge in [-0.2, -0.15) is 0 Å². The van der Waals surface area contributed by atoms with E-state index in [1.807, 2.05) is 0 Å². The van der Waals surface area contributed by atoms with Crippen molar-refractivity contribution in [1.82, 2.24) is 0 Å². The van der Waals surface area contributed by atoms with Gasteiger partial charge >= 0.3 is 0 Å². The number of hydrogen-bond acceptors (Lipinski definition) is 1. The van der Waals surface area contributed by atoms with Crippen molar-refractivity contribution in [3.05, 3.63) is 0 Å². The third-order valence-corrected chi connectivity index (χ3v) is 3.89. The Balaban J connectivity index is 2.05. The smallest absolute Gasteiger partial charge is 0.00700 e. The van der Waals surface area contributed by atoms with E-state index in [0.29, 0.717) is 6.04 Å². The highest BCUT2D eigenvalue weighted by atomic mass is 14.7. The molecule has 11 heavy (non-hydrogen) atoms. The molecule has 2 N–H and O–H groups in total. The number of fused-ring (bicyclic) bond motifs is 1. The summed E-state index contributed by atoms with van der Waals surface area (Å²) in [6.45, 7) is 2.35. The van der Waals surface area contributed by atoms with Crippen molar-refractivity contribution in [2.45, 2.75) is 45.1 Å². The number of hydrogen-bond donors (Lipinski definition) is 1. The molecule has 0 heterocycles. The fourth-order valence-electron chi connectivity index (χ4n) is 3.10. The maximum absolute atomic E-state index is 6.04. The standard InChI is InChI=1S/C10H19N/c1-7-9-5-3-2-4-8(9)6-10(7)11/h7-10H,2-6,11H2,1H3. The Morgan fingerprint density at radius 3 is 2.64 bits per heavy atom. The van der Waals surface area contributed by atoms with Gasteiger partial charge in [0.15, 0.2) is 0 Å². The van der Waals surface area contributed by atoms with Gasteiger partial charge in [0.2, 0.25) is 0 Å². The fraction of sp³-hybridized carbons (Fsp3) is 1.00. The first-order valence-corrected chi connectivity index (χ1v) is 5.04. The molecule has 0 aliphatic heterocycles. The summed E-state index contributed by atoms with van der Waals surface area (Å²) in [6, 6.07) is 0.517. The lowest BCUT2D eigenvalue weighted by atomic mass is 9.78. The number of rotatable bonds is 0. The third-order valence-electron chi connectivity index (χ3n) is 3.89. The van der Waals surface area contributed by atoms with Crippen LogP contribution in [0.2, 0.25) is 0 Å². The highest BCUT2D eigenvalue weighted by Crippen LogP contribution is 2.44. The monoisotopic (exact) mass is 153 g/mol. The molecular weight excluding hydrogens is 134 g/mol. The first-order chi connectivity index (χ1) is 5.29. The summed E-state index contributed by atoms with van der Waals surface area (Å²) < 4.78 is 0. The van der Waals surface area contributed by atoms with Gasteiger partial charge in [-0.05, 0) is 30.6 Å². The third kappa shape index (κ3) is 1.20. The van der Waals surface area contributed by atoms with E-state index in [2.05, 4.69) is 6.92 Å². The van der Waals surface area contributed by atoms with Gasteiger partial charge < -0.3 is 5.73 Å². The molecule has 0 aromatic heterocycles. The molecule has 4 atom stereocenters. The van der Waals surface area contributed by atoms with E-state index in [-0.39, 0.29) is 0 Å². The van der Waals surface area contributed by atoms with E-state index >= 15 is 0 Å². The van der Waals surface area contributed by atoms with Gasteiger partial charge in [0.1, 0.15) is 0 Å². The summed E-state index contributed by atoms with van der Waals surface area (Å²) in [4.78, 5) is 0. The Bertz CT molecular complexity index is 144. The van der Waals surface area contributed by atoms with Gasteiger partial charge in [0.25, 0.3) is 0 Å². The van der Waals surface area contributed by atoms with Crippen LogP contribution in [0.1, 0.15) is 39.0 Å². The molecular formula is C10H19N. The summed E-state index contributed by atoms with van der Waals surface area (Å²) in [6.07, 6.45) is 7.15. The minimum Gasteiger partial charge on any atom is -0.327 e. The maximum atomic E-state index is 6.04. The molecule has 0 bridgehead atoms. The summed E-state index contributed by atoms with van der Waals surface area (Å²) in [5.74, 6) is 2.78. The normalized spacial score (nSPS) is 50.7. The molecule has 64 valence electrons. The van der Waals surface area contributed by atoms with E-state index in [1.165, 1.54) is 32.1 Å². The Kier molecular flexibility index (Phi) is 1.92. The number of nitrogens with two attached hydrogens (primary N) is 1. The van der Waals surface area contributed by atoms with Crippen molar-refractivity contribution in [3.8, 4) is 0 Å². The van der Waals surface area contributed by atoms with Gasteiger partial charge in [-0.1, -0.05) is 26.2 Å². The van der Waals surface area contributed by atoms with E-state index in [4.69, 9.17) is 5.73 Å². The van der Waals surface area contributed by atoms with Gasteiger partial charge in [0, 0.05) is 6.04 Å². The maximum Gasteiger partial charge on any atom is 0.00700 e. The minimum atomic E-state index is 0.517. The Hall–Kier alpha value is -0.0400. The van der Waals surface area contributed by atoms with E-state index < -0.39 is 0 Å². The molecule has 2 aliphatic carbocycles. The molecule has 2 saturated carbocycles. The van der Waals surface area contributed by atoms with Crippen LogP contribution in [0.25, 0.3) is 0 Å². The van der Waals surface area contributed by atoms with Crippen LogP contribution in [0.5, 0.6) is 0 Å². The largest absolute Gasteiger partial charge is 0.327 e. The van der Waals surface area contributed by atoms with Crippen molar-refractivity contribution in [2.24, 2.45) is 23.5 Å². The Morgan fingerprint density at radius 1 is 1.18 bits per heavy atom. The van der Waals surface area contributed by atoms with Crippen molar-refractivity contribution >= 4 is 0 Å². The second-order valence-corrected chi connectivity index (χ2v) is 4.47. The molecule has 0 aromatic carbocycles. The van der Waals surface area contributed by atoms with Crippen molar-refractivity contribution in [2.75, 3.05) is 0 Å². The van der Waals surface area contributed by atoms with Gasteiger partial charge in [-0.25, -0.2) is 0 Å². The van der Waals surface area contributed by atoms with Crippen LogP contribution in [0.3, 0.4) is 0 Å². The predicted molar refractivity (Wildman–Crippen MR) is 47.2 cm³/mol. The van der Waals surface area contributed by atoms with E-state index in [1.54, 1.807) is 0 Å². The predicted octanol–water partition coefficient (Wildman–Crippen LogP) is 2.16. The van der Waals surface area contributed by atoms with Crippen LogP contribution in [-0.4, -0.2) is 6.04 Å². The second kappa shape index (κ2) is 2.78. The Labute approximate surface area is 69.4 Å². The van der Waals surface area contributed by atoms with Crippen molar-refractivity contribution in [3.63, 3.8) is 0 Å². The molecule has 2 aliphatic rings. The summed E-state index contributed by atoms with van der Waals surface area (Å²) in [5.41, 5.74) is 6.04. The summed E-state index contributed by atoms with van der Waals surface area (Å²) in [7, 11) is 0.